The summed E-state index contributed by atoms with van der Waals surface area (Å²) in [6, 6.07) is 9.12. The minimum Gasteiger partial charge on any atom is -0.335 e. The van der Waals surface area contributed by atoms with Gasteiger partial charge in [0.25, 0.3) is 5.91 Å². The van der Waals surface area contributed by atoms with E-state index in [2.05, 4.69) is 9.97 Å². The monoisotopic (exact) mass is 505 g/mol. The molecule has 0 atom stereocenters. The van der Waals surface area contributed by atoms with Crippen LogP contribution in [0.15, 0.2) is 53.8 Å². The Labute approximate surface area is 199 Å². The first kappa shape index (κ1) is 24.6. The molecule has 184 valence electrons. The summed E-state index contributed by atoms with van der Waals surface area (Å²) >= 11 is 0. The minimum absolute atomic E-state index is 0.0235. The molecule has 0 radical (unpaired) electrons. The zero-order valence-electron chi connectivity index (χ0n) is 18.9. The van der Waals surface area contributed by atoms with Crippen LogP contribution in [0.3, 0.4) is 0 Å². The van der Waals surface area contributed by atoms with Crippen molar-refractivity contribution in [3.05, 3.63) is 82.2 Å². The smallest absolute Gasteiger partial charge is 0.335 e. The Hall–Kier alpha value is -3.47. The van der Waals surface area contributed by atoms with Gasteiger partial charge in [-0.15, -0.1) is 0 Å². The van der Waals surface area contributed by atoms with Crippen molar-refractivity contribution in [1.29, 1.82) is 0 Å². The lowest BCUT2D eigenvalue weighted by Crippen LogP contribution is -2.36. The number of sulfone groups is 1. The molecule has 0 unspecified atom stereocenters. The van der Waals surface area contributed by atoms with Crippen LogP contribution in [0.2, 0.25) is 0 Å². The van der Waals surface area contributed by atoms with Crippen LogP contribution in [0.25, 0.3) is 0 Å². The third kappa shape index (κ3) is 4.72. The third-order valence-corrected chi connectivity index (χ3v) is 7.93. The van der Waals surface area contributed by atoms with E-state index in [0.29, 0.717) is 12.0 Å². The van der Waals surface area contributed by atoms with Gasteiger partial charge in [-0.25, -0.2) is 13.4 Å². The Bertz CT molecular complexity index is 1390. The van der Waals surface area contributed by atoms with E-state index in [0.717, 1.165) is 35.4 Å². The fraction of sp³-hybridized carbons (Fsp3) is 0.292. The molecule has 7 nitrogen and oxygen atoms in total. The van der Waals surface area contributed by atoms with E-state index in [-0.39, 0.29) is 29.5 Å². The molecular weight excluding hydrogens is 483 g/mol. The highest BCUT2D eigenvalue weighted by Crippen LogP contribution is 2.30. The van der Waals surface area contributed by atoms with Crippen LogP contribution in [0, 0.1) is 0 Å². The van der Waals surface area contributed by atoms with E-state index in [1.807, 2.05) is 0 Å². The number of carbonyl (C=O) groups excluding carboxylic acids is 2. The molecule has 0 saturated heterocycles. The number of hydrogen-bond acceptors (Lipinski definition) is 5. The lowest BCUT2D eigenvalue weighted by atomic mass is 9.90. The summed E-state index contributed by atoms with van der Waals surface area (Å²) in [5.74, 6) is -0.845. The number of H-pyrrole nitrogens is 1. The largest absolute Gasteiger partial charge is 0.416 e. The maximum absolute atomic E-state index is 13.0. The molecular formula is C24H22F3N3O4S. The number of carbonyl (C=O) groups is 2. The highest BCUT2D eigenvalue weighted by molar-refractivity contribution is 7.91. The number of imidazole rings is 1. The van der Waals surface area contributed by atoms with Crippen molar-refractivity contribution < 1.29 is 31.2 Å². The normalized spacial score (nSPS) is 14.2. The molecule has 0 fully saturated rings. The standard InChI is InChI=1S/C24H22F3N3O4S/c1-14(2)35(33,34)23-28-12-20(29-23)22(32)30-11-10-18-16(13-30)4-3-5-19(18)21(31)15-6-8-17(9-7-15)24(25,26)27/h3-9,12,14H,10-11,13H2,1-2H3,(H,28,29). The summed E-state index contributed by atoms with van der Waals surface area (Å²) in [4.78, 5) is 34.0. The van der Waals surface area contributed by atoms with E-state index >= 15 is 0 Å². The van der Waals surface area contributed by atoms with Crippen LogP contribution in [-0.4, -0.2) is 46.8 Å². The van der Waals surface area contributed by atoms with Gasteiger partial charge in [0.15, 0.2) is 5.78 Å². The van der Waals surface area contributed by atoms with Crippen molar-refractivity contribution in [1.82, 2.24) is 14.9 Å². The van der Waals surface area contributed by atoms with E-state index in [1.54, 1.807) is 18.2 Å². The maximum atomic E-state index is 13.0. The van der Waals surface area contributed by atoms with Crippen molar-refractivity contribution in [3.63, 3.8) is 0 Å². The van der Waals surface area contributed by atoms with Crippen molar-refractivity contribution in [2.45, 2.75) is 43.4 Å². The average molecular weight is 506 g/mol. The summed E-state index contributed by atoms with van der Waals surface area (Å²) in [7, 11) is -3.66. The fourth-order valence-corrected chi connectivity index (χ4v) is 4.80. The van der Waals surface area contributed by atoms with Crippen molar-refractivity contribution >= 4 is 21.5 Å². The highest BCUT2D eigenvalue weighted by Gasteiger charge is 2.31. The average Bonchev–Trinajstić information content (AvgIpc) is 3.33. The molecule has 4 rings (SSSR count). The quantitative estimate of drug-likeness (QED) is 0.528. The molecule has 1 aromatic heterocycles. The third-order valence-electron chi connectivity index (χ3n) is 5.94. The molecule has 1 aliphatic heterocycles. The van der Waals surface area contributed by atoms with Gasteiger partial charge in [-0.05, 0) is 43.5 Å². The number of rotatable bonds is 5. The van der Waals surface area contributed by atoms with Gasteiger partial charge in [0, 0.05) is 30.4 Å². The summed E-state index contributed by atoms with van der Waals surface area (Å²) in [5, 5.41) is -0.961. The number of nitrogens with one attached hydrogen (secondary N) is 1. The van der Waals surface area contributed by atoms with Crippen molar-refractivity contribution in [3.8, 4) is 0 Å². The Kier molecular flexibility index (Phi) is 6.31. The molecule has 1 N–H and O–H groups in total. The van der Waals surface area contributed by atoms with Gasteiger partial charge in [-0.1, -0.05) is 30.3 Å². The van der Waals surface area contributed by atoms with Gasteiger partial charge in [-0.3, -0.25) is 9.59 Å². The fourth-order valence-electron chi connectivity index (χ4n) is 3.91. The van der Waals surface area contributed by atoms with Crippen LogP contribution in [0.5, 0.6) is 0 Å². The van der Waals surface area contributed by atoms with Crippen LogP contribution >= 0.6 is 0 Å². The van der Waals surface area contributed by atoms with Crippen LogP contribution in [-0.2, 0) is 29.0 Å². The summed E-state index contributed by atoms with van der Waals surface area (Å²) < 4.78 is 63.1. The molecule has 2 heterocycles. The second-order valence-electron chi connectivity index (χ2n) is 8.51. The molecule has 1 amide bonds. The molecule has 2 aromatic carbocycles. The highest BCUT2D eigenvalue weighted by atomic mass is 32.2. The Morgan fingerprint density at radius 2 is 1.77 bits per heavy atom. The van der Waals surface area contributed by atoms with Crippen LogP contribution < -0.4 is 0 Å². The minimum atomic E-state index is -4.49. The van der Waals surface area contributed by atoms with Gasteiger partial charge < -0.3 is 9.88 Å². The van der Waals surface area contributed by atoms with E-state index < -0.39 is 38.5 Å². The Balaban J connectivity index is 1.55. The summed E-state index contributed by atoms with van der Waals surface area (Å²) in [6.07, 6.45) is -2.87. The first-order valence-electron chi connectivity index (χ1n) is 10.8. The molecule has 11 heteroatoms. The van der Waals surface area contributed by atoms with Crippen molar-refractivity contribution in [2.75, 3.05) is 6.54 Å². The molecule has 0 aliphatic carbocycles. The van der Waals surface area contributed by atoms with Gasteiger partial charge in [0.1, 0.15) is 5.69 Å². The first-order valence-corrected chi connectivity index (χ1v) is 12.4. The summed E-state index contributed by atoms with van der Waals surface area (Å²) in [6.45, 7) is 3.48. The van der Waals surface area contributed by atoms with E-state index in [4.69, 9.17) is 0 Å². The number of halogens is 3. The number of nitrogens with zero attached hydrogens (tertiary/aromatic N) is 2. The maximum Gasteiger partial charge on any atom is 0.416 e. The number of fused-ring (bicyclic) bond motifs is 1. The molecule has 1 aliphatic rings. The molecule has 3 aromatic rings. The topological polar surface area (TPSA) is 100 Å². The second-order valence-corrected chi connectivity index (χ2v) is 10.9. The number of ketones is 1. The van der Waals surface area contributed by atoms with Gasteiger partial charge >= 0.3 is 6.18 Å². The molecule has 0 spiro atoms. The number of hydrogen-bond donors (Lipinski definition) is 1. The van der Waals surface area contributed by atoms with Gasteiger partial charge in [-0.2, -0.15) is 13.2 Å². The Morgan fingerprint density at radius 3 is 2.40 bits per heavy atom. The molecule has 0 saturated carbocycles. The molecule has 35 heavy (non-hydrogen) atoms. The SMILES string of the molecule is CC(C)S(=O)(=O)c1nc(C(=O)N2CCc3c(cccc3C(=O)c3ccc(C(F)(F)F)cc3)C2)c[nH]1. The zero-order chi connectivity index (χ0) is 25.5. The van der Waals surface area contributed by atoms with Crippen LogP contribution in [0.4, 0.5) is 13.2 Å². The lowest BCUT2D eigenvalue weighted by Gasteiger charge is -2.29. The molecule has 0 bridgehead atoms. The number of amides is 1. The zero-order valence-corrected chi connectivity index (χ0v) is 19.7. The number of aromatic nitrogens is 2. The Morgan fingerprint density at radius 1 is 1.09 bits per heavy atom. The van der Waals surface area contributed by atoms with Crippen molar-refractivity contribution in [2.24, 2.45) is 0 Å². The predicted molar refractivity (Wildman–Crippen MR) is 121 cm³/mol. The number of alkyl halides is 3. The lowest BCUT2D eigenvalue weighted by molar-refractivity contribution is -0.137. The summed E-state index contributed by atoms with van der Waals surface area (Å²) in [5.41, 5.74) is 1.12. The van der Waals surface area contributed by atoms with E-state index in [1.165, 1.54) is 24.9 Å². The number of benzene rings is 2. The predicted octanol–water partition coefficient (Wildman–Crippen LogP) is 4.04. The second kappa shape index (κ2) is 8.95. The van der Waals surface area contributed by atoms with Gasteiger partial charge in [0.2, 0.25) is 15.0 Å². The van der Waals surface area contributed by atoms with Gasteiger partial charge in [0.05, 0.1) is 10.8 Å². The first-order chi connectivity index (χ1) is 16.4. The van der Waals surface area contributed by atoms with Crippen LogP contribution in [0.1, 0.15) is 56.9 Å². The number of aromatic amines is 1. The van der Waals surface area contributed by atoms with E-state index in [9.17, 15) is 31.2 Å².